The first kappa shape index (κ1) is 15.3. The van der Waals surface area contributed by atoms with Crippen molar-refractivity contribution in [3.8, 4) is 0 Å². The molecule has 0 aliphatic heterocycles. The highest BCUT2D eigenvalue weighted by atomic mass is 32.2. The highest BCUT2D eigenvalue weighted by Crippen LogP contribution is 2.32. The van der Waals surface area contributed by atoms with Crippen LogP contribution in [0.4, 0.5) is 5.69 Å². The second-order valence-electron chi connectivity index (χ2n) is 4.03. The summed E-state index contributed by atoms with van der Waals surface area (Å²) in [5, 5.41) is 21.3. The van der Waals surface area contributed by atoms with Crippen LogP contribution in [0.3, 0.4) is 0 Å². The van der Waals surface area contributed by atoms with Crippen LogP contribution in [-0.4, -0.2) is 16.0 Å². The fourth-order valence-electron chi connectivity index (χ4n) is 1.61. The van der Waals surface area contributed by atoms with Crippen molar-refractivity contribution in [3.05, 3.63) is 62.3 Å². The largest absolute Gasteiger partial charge is 0.478 e. The number of aliphatic carboxylic acids is 1. The molecule has 0 aliphatic rings. The third kappa shape index (κ3) is 4.44. The standard InChI is InChI=1S/C14H11NO4S2/c16-14(17)6-5-10-7-11(20-8-10)9-21-13-4-2-1-3-12(13)15(18)19/h1-8H,9H2,(H,16,17). The number of carboxylic acids is 1. The van der Waals surface area contributed by atoms with Crippen molar-refractivity contribution in [2.24, 2.45) is 0 Å². The minimum atomic E-state index is -0.989. The molecule has 0 saturated carbocycles. The van der Waals surface area contributed by atoms with E-state index in [-0.39, 0.29) is 5.69 Å². The average molecular weight is 321 g/mol. The number of thiophene rings is 1. The van der Waals surface area contributed by atoms with Crippen LogP contribution in [0.1, 0.15) is 10.4 Å². The molecular formula is C14H11NO4S2. The van der Waals surface area contributed by atoms with E-state index in [0.29, 0.717) is 10.6 Å². The van der Waals surface area contributed by atoms with Crippen LogP contribution in [-0.2, 0) is 10.5 Å². The lowest BCUT2D eigenvalue weighted by Gasteiger charge is -2.00. The van der Waals surface area contributed by atoms with Gasteiger partial charge in [-0.2, -0.15) is 0 Å². The van der Waals surface area contributed by atoms with Crippen LogP contribution < -0.4 is 0 Å². The van der Waals surface area contributed by atoms with Crippen molar-refractivity contribution in [1.29, 1.82) is 0 Å². The molecule has 2 aromatic rings. The topological polar surface area (TPSA) is 80.4 Å². The van der Waals surface area contributed by atoms with Crippen LogP contribution in [0.2, 0.25) is 0 Å². The number of carbonyl (C=O) groups is 1. The zero-order chi connectivity index (χ0) is 15.2. The van der Waals surface area contributed by atoms with Gasteiger partial charge in [-0.15, -0.1) is 23.1 Å². The van der Waals surface area contributed by atoms with Crippen molar-refractivity contribution in [2.75, 3.05) is 0 Å². The summed E-state index contributed by atoms with van der Waals surface area (Å²) < 4.78 is 0. The van der Waals surface area contributed by atoms with E-state index in [1.165, 1.54) is 35.2 Å². The number of benzene rings is 1. The summed E-state index contributed by atoms with van der Waals surface area (Å²) in [7, 11) is 0. The molecule has 2 rings (SSSR count). The van der Waals surface area contributed by atoms with Gasteiger partial charge in [-0.3, -0.25) is 10.1 Å². The Morgan fingerprint density at radius 2 is 2.19 bits per heavy atom. The van der Waals surface area contributed by atoms with Crippen molar-refractivity contribution in [2.45, 2.75) is 10.6 Å². The zero-order valence-corrected chi connectivity index (χ0v) is 12.4. The monoisotopic (exact) mass is 321 g/mol. The van der Waals surface area contributed by atoms with Gasteiger partial charge in [-0.1, -0.05) is 12.1 Å². The number of hydrogen-bond acceptors (Lipinski definition) is 5. The van der Waals surface area contributed by atoms with Crippen molar-refractivity contribution in [1.82, 2.24) is 0 Å². The fraction of sp³-hybridized carbons (Fsp3) is 0.0714. The van der Waals surface area contributed by atoms with Crippen LogP contribution in [0, 0.1) is 10.1 Å². The molecule has 0 radical (unpaired) electrons. The molecule has 0 saturated heterocycles. The van der Waals surface area contributed by atoms with E-state index < -0.39 is 10.9 Å². The third-order valence-corrected chi connectivity index (χ3v) is 4.77. The Morgan fingerprint density at radius 3 is 2.90 bits per heavy atom. The number of nitro groups is 1. The molecule has 1 heterocycles. The minimum absolute atomic E-state index is 0.102. The Hall–Kier alpha value is -2.12. The predicted octanol–water partition coefficient (Wildman–Crippen LogP) is 4.05. The average Bonchev–Trinajstić information content (AvgIpc) is 2.91. The number of hydrogen-bond donors (Lipinski definition) is 1. The molecule has 0 amide bonds. The van der Waals surface area contributed by atoms with Crippen LogP contribution in [0.5, 0.6) is 0 Å². The van der Waals surface area contributed by atoms with Gasteiger partial charge in [0.05, 0.1) is 9.82 Å². The SMILES string of the molecule is O=C(O)C=Cc1csc(CSc2ccccc2[N+](=O)[O-])c1. The predicted molar refractivity (Wildman–Crippen MR) is 83.6 cm³/mol. The Morgan fingerprint density at radius 1 is 1.43 bits per heavy atom. The van der Waals surface area contributed by atoms with E-state index >= 15 is 0 Å². The molecular weight excluding hydrogens is 310 g/mol. The number of para-hydroxylation sites is 1. The van der Waals surface area contributed by atoms with Gasteiger partial charge in [0.15, 0.2) is 0 Å². The summed E-state index contributed by atoms with van der Waals surface area (Å²) in [6, 6.07) is 8.50. The molecule has 0 unspecified atom stereocenters. The Balaban J connectivity index is 2.04. The molecule has 21 heavy (non-hydrogen) atoms. The first-order valence-electron chi connectivity index (χ1n) is 5.91. The van der Waals surface area contributed by atoms with Crippen LogP contribution in [0.15, 0.2) is 46.7 Å². The molecule has 7 heteroatoms. The van der Waals surface area contributed by atoms with E-state index in [9.17, 15) is 14.9 Å². The maximum absolute atomic E-state index is 10.9. The molecule has 1 aromatic heterocycles. The molecule has 0 atom stereocenters. The van der Waals surface area contributed by atoms with Crippen molar-refractivity contribution < 1.29 is 14.8 Å². The summed E-state index contributed by atoms with van der Waals surface area (Å²) in [6.45, 7) is 0. The number of carboxylic acid groups (broad SMARTS) is 1. The molecule has 0 bridgehead atoms. The lowest BCUT2D eigenvalue weighted by molar-refractivity contribution is -0.387. The van der Waals surface area contributed by atoms with Gasteiger partial charge in [0.1, 0.15) is 0 Å². The van der Waals surface area contributed by atoms with E-state index in [1.54, 1.807) is 18.2 Å². The minimum Gasteiger partial charge on any atom is -0.478 e. The normalized spacial score (nSPS) is 10.9. The molecule has 0 aliphatic carbocycles. The highest BCUT2D eigenvalue weighted by molar-refractivity contribution is 7.98. The van der Waals surface area contributed by atoms with Gasteiger partial charge in [-0.05, 0) is 29.2 Å². The summed E-state index contributed by atoms with van der Waals surface area (Å²) in [6.07, 6.45) is 2.61. The number of rotatable bonds is 6. The molecule has 5 nitrogen and oxygen atoms in total. The number of thioether (sulfide) groups is 1. The van der Waals surface area contributed by atoms with Gasteiger partial charge >= 0.3 is 5.97 Å². The van der Waals surface area contributed by atoms with Crippen LogP contribution >= 0.6 is 23.1 Å². The van der Waals surface area contributed by atoms with Gasteiger partial charge in [0, 0.05) is 22.8 Å². The first-order chi connectivity index (χ1) is 10.1. The maximum Gasteiger partial charge on any atom is 0.328 e. The second-order valence-corrected chi connectivity index (χ2v) is 6.04. The first-order valence-corrected chi connectivity index (χ1v) is 7.77. The Labute approximate surface area is 129 Å². The maximum atomic E-state index is 10.9. The van der Waals surface area contributed by atoms with Gasteiger partial charge in [0.25, 0.3) is 5.69 Å². The van der Waals surface area contributed by atoms with Gasteiger partial charge in [0.2, 0.25) is 0 Å². The van der Waals surface area contributed by atoms with Crippen LogP contribution in [0.25, 0.3) is 6.08 Å². The summed E-state index contributed by atoms with van der Waals surface area (Å²) in [5.41, 5.74) is 0.922. The van der Waals surface area contributed by atoms with E-state index in [2.05, 4.69) is 0 Å². The van der Waals surface area contributed by atoms with Crippen molar-refractivity contribution in [3.63, 3.8) is 0 Å². The number of nitro benzene ring substituents is 1. The molecule has 108 valence electrons. The Kier molecular flexibility index (Phi) is 5.13. The van der Waals surface area contributed by atoms with E-state index in [1.807, 2.05) is 11.4 Å². The highest BCUT2D eigenvalue weighted by Gasteiger charge is 2.12. The lowest BCUT2D eigenvalue weighted by Crippen LogP contribution is -1.90. The molecule has 1 N–H and O–H groups in total. The summed E-state index contributed by atoms with van der Waals surface area (Å²) >= 11 is 2.89. The quantitative estimate of drug-likeness (QED) is 0.376. The Bertz CT molecular complexity index is 694. The van der Waals surface area contributed by atoms with Gasteiger partial charge < -0.3 is 5.11 Å². The zero-order valence-electron chi connectivity index (χ0n) is 10.8. The van der Waals surface area contributed by atoms with Gasteiger partial charge in [-0.25, -0.2) is 4.79 Å². The molecule has 0 fully saturated rings. The van der Waals surface area contributed by atoms with E-state index in [4.69, 9.17) is 5.11 Å². The third-order valence-electron chi connectivity index (χ3n) is 2.52. The smallest absolute Gasteiger partial charge is 0.328 e. The number of nitrogens with zero attached hydrogens (tertiary/aromatic N) is 1. The fourth-order valence-corrected chi connectivity index (χ4v) is 3.54. The van der Waals surface area contributed by atoms with E-state index in [0.717, 1.165) is 16.5 Å². The molecule has 1 aromatic carbocycles. The summed E-state index contributed by atoms with van der Waals surface area (Å²) in [5.74, 6) is -0.381. The molecule has 0 spiro atoms. The summed E-state index contributed by atoms with van der Waals surface area (Å²) in [4.78, 5) is 22.6. The second kappa shape index (κ2) is 7.05. The lowest BCUT2D eigenvalue weighted by atomic mass is 10.3. The van der Waals surface area contributed by atoms with Crippen molar-refractivity contribution >= 4 is 40.8 Å².